The van der Waals surface area contributed by atoms with Gasteiger partial charge in [-0.3, -0.25) is 9.59 Å². The van der Waals surface area contributed by atoms with Crippen molar-refractivity contribution in [1.82, 2.24) is 0 Å². The van der Waals surface area contributed by atoms with Crippen molar-refractivity contribution >= 4 is 11.8 Å². The van der Waals surface area contributed by atoms with Gasteiger partial charge in [0.2, 0.25) is 0 Å². The van der Waals surface area contributed by atoms with Crippen LogP contribution in [0, 0.1) is 11.8 Å². The van der Waals surface area contributed by atoms with E-state index in [4.69, 9.17) is 5.11 Å². The highest BCUT2D eigenvalue weighted by molar-refractivity contribution is 6.13. The van der Waals surface area contributed by atoms with Crippen molar-refractivity contribution in [3.63, 3.8) is 0 Å². The number of allylic oxidation sites excluding steroid dienone is 6. The first-order valence-corrected chi connectivity index (χ1v) is 6.29. The van der Waals surface area contributed by atoms with Gasteiger partial charge < -0.3 is 5.11 Å². The molecule has 2 unspecified atom stereocenters. The van der Waals surface area contributed by atoms with E-state index in [2.05, 4.69) is 0 Å². The third kappa shape index (κ3) is 2.05. The van der Waals surface area contributed by atoms with Gasteiger partial charge in [-0.25, -0.2) is 0 Å². The third-order valence-electron chi connectivity index (χ3n) is 3.98. The highest BCUT2D eigenvalue weighted by atomic mass is 16.4. The van der Waals surface area contributed by atoms with Gasteiger partial charge >= 0.3 is 5.97 Å². The average molecular weight is 246 g/mol. The van der Waals surface area contributed by atoms with E-state index in [9.17, 15) is 9.59 Å². The lowest BCUT2D eigenvalue weighted by Crippen LogP contribution is -2.19. The maximum Gasteiger partial charge on any atom is 0.306 e. The molecule has 2 atom stereocenters. The van der Waals surface area contributed by atoms with Crippen molar-refractivity contribution < 1.29 is 14.7 Å². The Labute approximate surface area is 107 Å². The molecule has 2 aliphatic carbocycles. The molecule has 0 spiro atoms. The number of aliphatic carboxylic acids is 1. The normalized spacial score (nSPS) is 25.3. The zero-order chi connectivity index (χ0) is 13.4. The highest BCUT2D eigenvalue weighted by Crippen LogP contribution is 2.38. The fourth-order valence-corrected chi connectivity index (χ4v) is 2.71. The summed E-state index contributed by atoms with van der Waals surface area (Å²) in [7, 11) is 0. The Bertz CT molecular complexity index is 506. The lowest BCUT2D eigenvalue weighted by Gasteiger charge is -2.16. The maximum atomic E-state index is 11.9. The summed E-state index contributed by atoms with van der Waals surface area (Å²) in [5.41, 5.74) is 3.79. The molecule has 2 aliphatic rings. The Morgan fingerprint density at radius 2 is 2.11 bits per heavy atom. The Balaban J connectivity index is 2.42. The Morgan fingerprint density at radius 3 is 2.72 bits per heavy atom. The van der Waals surface area contributed by atoms with E-state index >= 15 is 0 Å². The second-order valence-corrected chi connectivity index (χ2v) is 5.26. The van der Waals surface area contributed by atoms with Crippen LogP contribution in [0.15, 0.2) is 34.4 Å². The summed E-state index contributed by atoms with van der Waals surface area (Å²) in [4.78, 5) is 23.0. The molecule has 0 aromatic heterocycles. The third-order valence-corrected chi connectivity index (χ3v) is 3.98. The average Bonchev–Trinajstić information content (AvgIpc) is 2.48. The van der Waals surface area contributed by atoms with Crippen molar-refractivity contribution in [1.29, 1.82) is 0 Å². The molecule has 0 bridgehead atoms. The summed E-state index contributed by atoms with van der Waals surface area (Å²) >= 11 is 0. The molecule has 1 N–H and O–H groups in total. The minimum atomic E-state index is -0.774. The Kier molecular flexibility index (Phi) is 3.24. The largest absolute Gasteiger partial charge is 0.481 e. The standard InChI is InChI=1S/C15H18O3/c1-8-4-5-11(10(3)15(17)18)7-12-9(2)6-13(16)14(8)12/h6-7,10-11H,4-5H2,1-3H3,(H,17,18). The van der Waals surface area contributed by atoms with E-state index in [1.54, 1.807) is 13.0 Å². The van der Waals surface area contributed by atoms with E-state index in [0.717, 1.165) is 35.1 Å². The number of carboxylic acids is 1. The molecule has 2 rings (SSSR count). The number of fused-ring (bicyclic) bond motifs is 1. The van der Waals surface area contributed by atoms with Crippen molar-refractivity contribution in [2.24, 2.45) is 11.8 Å². The molecule has 0 amide bonds. The molecule has 3 nitrogen and oxygen atoms in total. The Morgan fingerprint density at radius 1 is 1.44 bits per heavy atom. The molecule has 0 aromatic rings. The van der Waals surface area contributed by atoms with Crippen LogP contribution in [-0.4, -0.2) is 16.9 Å². The zero-order valence-electron chi connectivity index (χ0n) is 11.0. The first-order valence-electron chi connectivity index (χ1n) is 6.29. The van der Waals surface area contributed by atoms with Gasteiger partial charge in [-0.2, -0.15) is 0 Å². The van der Waals surface area contributed by atoms with Crippen LogP contribution in [0.3, 0.4) is 0 Å². The predicted octanol–water partition coefficient (Wildman–Crippen LogP) is 2.89. The minimum Gasteiger partial charge on any atom is -0.481 e. The van der Waals surface area contributed by atoms with Crippen molar-refractivity contribution in [2.45, 2.75) is 33.6 Å². The van der Waals surface area contributed by atoms with E-state index in [0.29, 0.717) is 0 Å². The van der Waals surface area contributed by atoms with Crippen LogP contribution >= 0.6 is 0 Å². The van der Waals surface area contributed by atoms with Gasteiger partial charge in [-0.1, -0.05) is 18.6 Å². The van der Waals surface area contributed by atoms with E-state index < -0.39 is 11.9 Å². The summed E-state index contributed by atoms with van der Waals surface area (Å²) in [6.07, 6.45) is 5.23. The molecule has 3 heteroatoms. The van der Waals surface area contributed by atoms with Gasteiger partial charge in [-0.05, 0) is 49.8 Å². The monoisotopic (exact) mass is 246 g/mol. The van der Waals surface area contributed by atoms with E-state index in [1.165, 1.54) is 0 Å². The van der Waals surface area contributed by atoms with Crippen molar-refractivity contribution in [3.05, 3.63) is 34.4 Å². The quantitative estimate of drug-likeness (QED) is 0.815. The van der Waals surface area contributed by atoms with Gasteiger partial charge in [0.1, 0.15) is 0 Å². The molecule has 0 saturated heterocycles. The second kappa shape index (κ2) is 4.56. The van der Waals surface area contributed by atoms with Crippen LogP contribution in [0.25, 0.3) is 0 Å². The first kappa shape index (κ1) is 12.8. The fraction of sp³-hybridized carbons (Fsp3) is 0.467. The molecule has 0 fully saturated rings. The molecule has 0 aromatic carbocycles. The predicted molar refractivity (Wildman–Crippen MR) is 69.1 cm³/mol. The van der Waals surface area contributed by atoms with Crippen LogP contribution in [-0.2, 0) is 9.59 Å². The highest BCUT2D eigenvalue weighted by Gasteiger charge is 2.30. The lowest BCUT2D eigenvalue weighted by atomic mass is 9.88. The second-order valence-electron chi connectivity index (χ2n) is 5.26. The van der Waals surface area contributed by atoms with Crippen LogP contribution in [0.4, 0.5) is 0 Å². The molecule has 0 radical (unpaired) electrons. The number of carbonyl (C=O) groups excluding carboxylic acids is 1. The number of hydrogen-bond acceptors (Lipinski definition) is 2. The summed E-state index contributed by atoms with van der Waals surface area (Å²) in [5.74, 6) is -1.11. The number of carbonyl (C=O) groups is 2. The molecular formula is C15H18O3. The van der Waals surface area contributed by atoms with Crippen LogP contribution in [0.2, 0.25) is 0 Å². The van der Waals surface area contributed by atoms with Crippen molar-refractivity contribution in [2.75, 3.05) is 0 Å². The number of carboxylic acid groups (broad SMARTS) is 1. The molecule has 0 heterocycles. The minimum absolute atomic E-state index is 0.000741. The Hall–Kier alpha value is -1.64. The van der Waals surface area contributed by atoms with Crippen LogP contribution in [0.5, 0.6) is 0 Å². The SMILES string of the molecule is CC1=CC(=O)C2=C(C)CCC(C(C)C(=O)O)C=C12. The fourth-order valence-electron chi connectivity index (χ4n) is 2.71. The molecular weight excluding hydrogens is 228 g/mol. The first-order chi connectivity index (χ1) is 8.41. The molecule has 0 aliphatic heterocycles. The summed E-state index contributed by atoms with van der Waals surface area (Å²) in [6, 6.07) is 0. The van der Waals surface area contributed by atoms with Gasteiger partial charge in [0.15, 0.2) is 5.78 Å². The number of rotatable bonds is 2. The van der Waals surface area contributed by atoms with Gasteiger partial charge in [0, 0.05) is 5.57 Å². The summed E-state index contributed by atoms with van der Waals surface area (Å²) in [6.45, 7) is 5.62. The molecule has 96 valence electrons. The smallest absolute Gasteiger partial charge is 0.306 e. The topological polar surface area (TPSA) is 54.4 Å². The number of hydrogen-bond donors (Lipinski definition) is 1. The van der Waals surface area contributed by atoms with Crippen LogP contribution < -0.4 is 0 Å². The molecule has 0 saturated carbocycles. The van der Waals surface area contributed by atoms with Crippen molar-refractivity contribution in [3.8, 4) is 0 Å². The van der Waals surface area contributed by atoms with Gasteiger partial charge in [0.25, 0.3) is 0 Å². The van der Waals surface area contributed by atoms with Crippen LogP contribution in [0.1, 0.15) is 33.6 Å². The summed E-state index contributed by atoms with van der Waals surface area (Å²) < 4.78 is 0. The zero-order valence-corrected chi connectivity index (χ0v) is 11.0. The van der Waals surface area contributed by atoms with E-state index in [1.807, 2.05) is 19.9 Å². The maximum absolute atomic E-state index is 11.9. The van der Waals surface area contributed by atoms with Gasteiger partial charge in [0.05, 0.1) is 5.92 Å². The summed E-state index contributed by atoms with van der Waals surface area (Å²) in [5, 5.41) is 9.13. The number of ketones is 1. The lowest BCUT2D eigenvalue weighted by molar-refractivity contribution is -0.142. The van der Waals surface area contributed by atoms with E-state index in [-0.39, 0.29) is 11.7 Å². The molecule has 18 heavy (non-hydrogen) atoms. The van der Waals surface area contributed by atoms with Gasteiger partial charge in [-0.15, -0.1) is 0 Å².